The first kappa shape index (κ1) is 10.7. The zero-order valence-electron chi connectivity index (χ0n) is 7.88. The summed E-state index contributed by atoms with van der Waals surface area (Å²) in [4.78, 5) is 4.21. The summed E-state index contributed by atoms with van der Waals surface area (Å²) in [6.45, 7) is 0. The highest BCUT2D eigenvalue weighted by atomic mass is 79.9. The van der Waals surface area contributed by atoms with Gasteiger partial charge in [0.1, 0.15) is 6.04 Å². The van der Waals surface area contributed by atoms with Crippen molar-refractivity contribution in [3.63, 3.8) is 0 Å². The molecule has 2 aromatic heterocycles. The number of nitrogens with two attached hydrogens (primary N) is 1. The van der Waals surface area contributed by atoms with Crippen LogP contribution in [0.5, 0.6) is 0 Å². The molecule has 6 nitrogen and oxygen atoms in total. The lowest BCUT2D eigenvalue weighted by Gasteiger charge is -2.13. The lowest BCUT2D eigenvalue weighted by Crippen LogP contribution is -2.30. The molecule has 0 saturated carbocycles. The van der Waals surface area contributed by atoms with Crippen molar-refractivity contribution in [1.82, 2.24) is 25.4 Å². The third kappa shape index (κ3) is 1.93. The number of halogens is 1. The number of aromatic nitrogens is 4. The van der Waals surface area contributed by atoms with Crippen molar-refractivity contribution in [3.05, 3.63) is 26.9 Å². The predicted octanol–water partition coefficient (Wildman–Crippen LogP) is 0.587. The minimum Gasteiger partial charge on any atom is -0.270 e. The molecule has 8 heteroatoms. The number of hydrogen-bond acceptors (Lipinski definition) is 6. The fourth-order valence-corrected chi connectivity index (χ4v) is 2.45. The first-order chi connectivity index (χ1) is 7.24. The Morgan fingerprint density at radius 1 is 1.67 bits per heavy atom. The second-order valence-corrected chi connectivity index (χ2v) is 4.37. The van der Waals surface area contributed by atoms with Crippen LogP contribution in [0.2, 0.25) is 0 Å². The monoisotopic (exact) mass is 288 g/mol. The molecule has 0 spiro atoms. The summed E-state index contributed by atoms with van der Waals surface area (Å²) in [5.41, 5.74) is 6.17. The Hall–Kier alpha value is -0.830. The summed E-state index contributed by atoms with van der Waals surface area (Å²) in [6.07, 6.45) is 0. The Kier molecular flexibility index (Phi) is 3.10. The first-order valence-corrected chi connectivity index (χ1v) is 5.87. The number of rotatable bonds is 3. The Labute approximate surface area is 98.6 Å². The Morgan fingerprint density at radius 3 is 2.93 bits per heavy atom. The number of nitrogens with one attached hydrogen (secondary N) is 1. The van der Waals surface area contributed by atoms with E-state index in [0.29, 0.717) is 4.60 Å². The number of thiazole rings is 1. The molecule has 2 heterocycles. The fourth-order valence-electron chi connectivity index (χ4n) is 1.31. The molecule has 0 bridgehead atoms. The number of aryl methyl sites for hydroxylation is 1. The molecule has 2 aromatic rings. The number of hydrazine groups is 1. The van der Waals surface area contributed by atoms with Gasteiger partial charge < -0.3 is 0 Å². The molecule has 15 heavy (non-hydrogen) atoms. The van der Waals surface area contributed by atoms with Gasteiger partial charge >= 0.3 is 0 Å². The normalized spacial score (nSPS) is 13.0. The van der Waals surface area contributed by atoms with Crippen LogP contribution in [0.1, 0.15) is 17.4 Å². The van der Waals surface area contributed by atoms with E-state index in [1.54, 1.807) is 10.2 Å². The Balaban J connectivity index is 2.44. The van der Waals surface area contributed by atoms with E-state index >= 15 is 0 Å². The maximum atomic E-state index is 5.52. The standard InChI is InChI=1S/C7H9BrN6S/c1-14-6(7(8)12-13-14)5(11-9)4-2-15-3-10-4/h2-3,5,11H,9H2,1H3. The summed E-state index contributed by atoms with van der Waals surface area (Å²) in [5, 5.41) is 9.73. The van der Waals surface area contributed by atoms with Gasteiger partial charge in [-0.05, 0) is 15.9 Å². The third-order valence-electron chi connectivity index (χ3n) is 2.01. The van der Waals surface area contributed by atoms with Crippen molar-refractivity contribution < 1.29 is 0 Å². The molecule has 1 atom stereocenters. The average molecular weight is 289 g/mol. The fraction of sp³-hybridized carbons (Fsp3) is 0.286. The topological polar surface area (TPSA) is 81.7 Å². The van der Waals surface area contributed by atoms with Gasteiger partial charge in [-0.1, -0.05) is 5.21 Å². The van der Waals surface area contributed by atoms with Gasteiger partial charge in [0.2, 0.25) is 0 Å². The number of nitrogens with zero attached hydrogens (tertiary/aromatic N) is 4. The summed E-state index contributed by atoms with van der Waals surface area (Å²) in [5.74, 6) is 5.52. The lowest BCUT2D eigenvalue weighted by atomic mass is 10.2. The lowest BCUT2D eigenvalue weighted by molar-refractivity contribution is 0.561. The van der Waals surface area contributed by atoms with Crippen LogP contribution in [0.4, 0.5) is 0 Å². The molecule has 0 radical (unpaired) electrons. The average Bonchev–Trinajstić information content (AvgIpc) is 2.83. The molecule has 0 aliphatic heterocycles. The van der Waals surface area contributed by atoms with E-state index in [1.807, 2.05) is 12.4 Å². The van der Waals surface area contributed by atoms with Crippen molar-refractivity contribution >= 4 is 27.3 Å². The van der Waals surface area contributed by atoms with Gasteiger partial charge in [-0.15, -0.1) is 16.4 Å². The van der Waals surface area contributed by atoms with E-state index < -0.39 is 0 Å². The van der Waals surface area contributed by atoms with Crippen LogP contribution >= 0.6 is 27.3 Å². The SMILES string of the molecule is Cn1nnc(Br)c1C(NN)c1cscn1. The highest BCUT2D eigenvalue weighted by Crippen LogP contribution is 2.25. The van der Waals surface area contributed by atoms with E-state index in [0.717, 1.165) is 11.4 Å². The molecular formula is C7H9BrN6S. The van der Waals surface area contributed by atoms with Gasteiger partial charge in [0.25, 0.3) is 0 Å². The van der Waals surface area contributed by atoms with Crippen molar-refractivity contribution in [2.45, 2.75) is 6.04 Å². The summed E-state index contributed by atoms with van der Waals surface area (Å²) < 4.78 is 2.33. The van der Waals surface area contributed by atoms with E-state index in [2.05, 4.69) is 36.7 Å². The summed E-state index contributed by atoms with van der Waals surface area (Å²) in [6, 6.07) is -0.203. The summed E-state index contributed by atoms with van der Waals surface area (Å²) >= 11 is 4.85. The molecule has 0 aliphatic carbocycles. The van der Waals surface area contributed by atoms with Gasteiger partial charge in [-0.3, -0.25) is 5.84 Å². The van der Waals surface area contributed by atoms with Crippen molar-refractivity contribution in [2.24, 2.45) is 12.9 Å². The first-order valence-electron chi connectivity index (χ1n) is 4.13. The van der Waals surface area contributed by atoms with Crippen LogP contribution in [0.25, 0.3) is 0 Å². The third-order valence-corrected chi connectivity index (χ3v) is 3.18. The van der Waals surface area contributed by atoms with Gasteiger partial charge in [-0.2, -0.15) is 0 Å². The molecule has 0 fully saturated rings. The van der Waals surface area contributed by atoms with Crippen molar-refractivity contribution in [3.8, 4) is 0 Å². The van der Waals surface area contributed by atoms with Gasteiger partial charge in [-0.25, -0.2) is 15.1 Å². The van der Waals surface area contributed by atoms with Crippen LogP contribution in [-0.2, 0) is 7.05 Å². The van der Waals surface area contributed by atoms with Crippen LogP contribution < -0.4 is 11.3 Å². The molecule has 0 aliphatic rings. The molecular weight excluding hydrogens is 280 g/mol. The molecule has 0 aromatic carbocycles. The largest absolute Gasteiger partial charge is 0.270 e. The zero-order valence-corrected chi connectivity index (χ0v) is 10.3. The second-order valence-electron chi connectivity index (χ2n) is 2.90. The zero-order chi connectivity index (χ0) is 10.8. The van der Waals surface area contributed by atoms with E-state index in [-0.39, 0.29) is 6.04 Å². The molecule has 3 N–H and O–H groups in total. The smallest absolute Gasteiger partial charge is 0.153 e. The second kappa shape index (κ2) is 4.35. The van der Waals surface area contributed by atoms with E-state index in [9.17, 15) is 0 Å². The molecule has 80 valence electrons. The van der Waals surface area contributed by atoms with Crippen LogP contribution in [0, 0.1) is 0 Å². The molecule has 1 unspecified atom stereocenters. The molecule has 2 rings (SSSR count). The molecule has 0 saturated heterocycles. The molecule has 0 amide bonds. The minimum absolute atomic E-state index is 0.203. The predicted molar refractivity (Wildman–Crippen MR) is 60.0 cm³/mol. The Bertz CT molecular complexity index is 419. The van der Waals surface area contributed by atoms with E-state index in [1.165, 1.54) is 11.3 Å². The maximum absolute atomic E-state index is 5.52. The Morgan fingerprint density at radius 2 is 2.47 bits per heavy atom. The maximum Gasteiger partial charge on any atom is 0.153 e. The van der Waals surface area contributed by atoms with Crippen molar-refractivity contribution in [1.29, 1.82) is 0 Å². The quantitative estimate of drug-likeness (QED) is 0.638. The van der Waals surface area contributed by atoms with Gasteiger partial charge in [0.05, 0.1) is 16.9 Å². The minimum atomic E-state index is -0.203. The van der Waals surface area contributed by atoms with Crippen LogP contribution in [-0.4, -0.2) is 20.0 Å². The van der Waals surface area contributed by atoms with Crippen LogP contribution in [0.3, 0.4) is 0 Å². The summed E-state index contributed by atoms with van der Waals surface area (Å²) in [7, 11) is 1.81. The van der Waals surface area contributed by atoms with Gasteiger partial charge in [0.15, 0.2) is 4.60 Å². The van der Waals surface area contributed by atoms with Crippen molar-refractivity contribution in [2.75, 3.05) is 0 Å². The highest BCUT2D eigenvalue weighted by molar-refractivity contribution is 9.10. The highest BCUT2D eigenvalue weighted by Gasteiger charge is 2.22. The van der Waals surface area contributed by atoms with Crippen LogP contribution in [0.15, 0.2) is 15.5 Å². The van der Waals surface area contributed by atoms with Gasteiger partial charge in [0, 0.05) is 12.4 Å². The number of hydrogen-bond donors (Lipinski definition) is 2. The van der Waals surface area contributed by atoms with E-state index in [4.69, 9.17) is 5.84 Å².